The van der Waals surface area contributed by atoms with E-state index in [-0.39, 0.29) is 23.3 Å². The molecule has 1 saturated heterocycles. The Hall–Kier alpha value is -3.12. The largest absolute Gasteiger partial charge is 0.508 e. The Bertz CT molecular complexity index is 824. The number of rotatable bonds is 4. The molecule has 1 aliphatic heterocycles. The van der Waals surface area contributed by atoms with Crippen LogP contribution in [0.25, 0.3) is 6.08 Å². The molecule has 6 nitrogen and oxygen atoms in total. The molecule has 0 radical (unpaired) electrons. The Labute approximate surface area is 158 Å². The molecule has 6 heteroatoms. The molecule has 0 aliphatic carbocycles. The minimum atomic E-state index is -0.325. The number of quaternary nitrogens is 1. The molecule has 27 heavy (non-hydrogen) atoms. The number of hydrogen-bond donors (Lipinski definition) is 3. The third kappa shape index (κ3) is 4.95. The summed E-state index contributed by atoms with van der Waals surface area (Å²) in [6.07, 6.45) is 1.65. The second-order valence-electron chi connectivity index (χ2n) is 6.72. The molecular weight excluding hydrogens is 342 g/mol. The van der Waals surface area contributed by atoms with E-state index in [2.05, 4.69) is 12.4 Å². The molecule has 2 amide bonds. The molecule has 1 aliphatic rings. The van der Waals surface area contributed by atoms with E-state index in [0.29, 0.717) is 18.7 Å². The standard InChI is InChI=1S/C21H23N3O3/c1-23-11-13-24(14-12-23)21(27)19(15-16-7-9-18(25)10-8-16)22-20(26)17-5-3-2-4-6-17/h2-10,15,25H,11-14H2,1H3,(H,22,26)/p+1/b19-15+. The first-order valence-electron chi connectivity index (χ1n) is 9.00. The minimum absolute atomic E-state index is 0.149. The van der Waals surface area contributed by atoms with E-state index in [4.69, 9.17) is 0 Å². The van der Waals surface area contributed by atoms with Crippen LogP contribution in [-0.2, 0) is 4.79 Å². The van der Waals surface area contributed by atoms with Crippen LogP contribution in [0.15, 0.2) is 60.3 Å². The van der Waals surface area contributed by atoms with Gasteiger partial charge in [-0.3, -0.25) is 9.59 Å². The van der Waals surface area contributed by atoms with Crippen LogP contribution >= 0.6 is 0 Å². The Kier molecular flexibility index (Phi) is 5.88. The van der Waals surface area contributed by atoms with Crippen LogP contribution in [0, 0.1) is 0 Å². The van der Waals surface area contributed by atoms with Crippen LogP contribution in [-0.4, -0.2) is 55.0 Å². The number of benzene rings is 2. The summed E-state index contributed by atoms with van der Waals surface area (Å²) in [6.45, 7) is 3.06. The van der Waals surface area contributed by atoms with E-state index in [1.54, 1.807) is 59.5 Å². The van der Waals surface area contributed by atoms with E-state index in [1.165, 1.54) is 4.90 Å². The van der Waals surface area contributed by atoms with Crippen molar-refractivity contribution in [2.45, 2.75) is 0 Å². The number of piperazine rings is 1. The highest BCUT2D eigenvalue weighted by Crippen LogP contribution is 2.14. The lowest BCUT2D eigenvalue weighted by molar-refractivity contribution is -0.883. The highest BCUT2D eigenvalue weighted by Gasteiger charge is 2.25. The molecule has 1 fully saturated rings. The molecule has 140 valence electrons. The molecule has 3 rings (SSSR count). The van der Waals surface area contributed by atoms with Crippen molar-refractivity contribution < 1.29 is 19.6 Å². The highest BCUT2D eigenvalue weighted by molar-refractivity contribution is 6.05. The van der Waals surface area contributed by atoms with Gasteiger partial charge in [0.15, 0.2) is 0 Å². The van der Waals surface area contributed by atoms with Crippen molar-refractivity contribution in [2.24, 2.45) is 0 Å². The average molecular weight is 366 g/mol. The fourth-order valence-corrected chi connectivity index (χ4v) is 2.93. The minimum Gasteiger partial charge on any atom is -0.508 e. The first kappa shape index (κ1) is 18.7. The fourth-order valence-electron chi connectivity index (χ4n) is 2.93. The second kappa shape index (κ2) is 8.51. The van der Waals surface area contributed by atoms with Crippen LogP contribution in [0.2, 0.25) is 0 Å². The van der Waals surface area contributed by atoms with Gasteiger partial charge in [-0.25, -0.2) is 0 Å². The predicted octanol–water partition coefficient (Wildman–Crippen LogP) is 0.520. The monoisotopic (exact) mass is 366 g/mol. The maximum Gasteiger partial charge on any atom is 0.270 e. The third-order valence-electron chi connectivity index (χ3n) is 4.62. The van der Waals surface area contributed by atoms with Crippen molar-refractivity contribution in [1.82, 2.24) is 10.2 Å². The summed E-state index contributed by atoms with van der Waals surface area (Å²) in [5, 5.41) is 12.2. The lowest BCUT2D eigenvalue weighted by Gasteiger charge is -2.30. The zero-order valence-electron chi connectivity index (χ0n) is 15.3. The number of nitrogens with one attached hydrogen (secondary N) is 2. The Morgan fingerprint density at radius 1 is 1.04 bits per heavy atom. The van der Waals surface area contributed by atoms with Crippen LogP contribution in [0.4, 0.5) is 0 Å². The van der Waals surface area contributed by atoms with Gasteiger partial charge in [-0.1, -0.05) is 30.3 Å². The maximum atomic E-state index is 13.0. The molecule has 2 aromatic carbocycles. The Morgan fingerprint density at radius 2 is 1.67 bits per heavy atom. The summed E-state index contributed by atoms with van der Waals surface area (Å²) < 4.78 is 0. The van der Waals surface area contributed by atoms with Crippen LogP contribution in [0.1, 0.15) is 15.9 Å². The number of aromatic hydroxyl groups is 1. The van der Waals surface area contributed by atoms with Crippen molar-refractivity contribution in [3.8, 4) is 5.75 Å². The van der Waals surface area contributed by atoms with E-state index >= 15 is 0 Å². The predicted molar refractivity (Wildman–Crippen MR) is 103 cm³/mol. The van der Waals surface area contributed by atoms with Gasteiger partial charge in [0.25, 0.3) is 11.8 Å². The number of likely N-dealkylation sites (N-methyl/N-ethyl adjacent to an activating group) is 1. The Balaban J connectivity index is 1.85. The normalized spacial score (nSPS) is 15.4. The third-order valence-corrected chi connectivity index (χ3v) is 4.62. The SMILES string of the molecule is C[NH+]1CCN(C(=O)/C(=C\c2ccc(O)cc2)NC(=O)c2ccccc2)CC1. The number of carbonyl (C=O) groups is 2. The number of phenols is 1. The number of nitrogens with zero attached hydrogens (tertiary/aromatic N) is 1. The first-order chi connectivity index (χ1) is 13.0. The molecule has 0 atom stereocenters. The van der Waals surface area contributed by atoms with Crippen LogP contribution in [0.5, 0.6) is 5.75 Å². The second-order valence-corrected chi connectivity index (χ2v) is 6.72. The molecule has 0 unspecified atom stereocenters. The number of phenolic OH excluding ortho intramolecular Hbond substituents is 1. The van der Waals surface area contributed by atoms with E-state index in [1.807, 2.05) is 6.07 Å². The summed E-state index contributed by atoms with van der Waals surface area (Å²) in [5.74, 6) is -0.371. The molecule has 1 heterocycles. The zero-order valence-corrected chi connectivity index (χ0v) is 15.3. The topological polar surface area (TPSA) is 74.1 Å². The van der Waals surface area contributed by atoms with Gasteiger partial charge in [0, 0.05) is 5.56 Å². The summed E-state index contributed by atoms with van der Waals surface area (Å²) in [5.41, 5.74) is 1.45. The quantitative estimate of drug-likeness (QED) is 0.691. The van der Waals surface area contributed by atoms with E-state index < -0.39 is 0 Å². The smallest absolute Gasteiger partial charge is 0.270 e. The van der Waals surface area contributed by atoms with Gasteiger partial charge >= 0.3 is 0 Å². The van der Waals surface area contributed by atoms with Crippen molar-refractivity contribution in [1.29, 1.82) is 0 Å². The van der Waals surface area contributed by atoms with Crippen molar-refractivity contribution in [3.05, 3.63) is 71.4 Å². The number of hydrogen-bond acceptors (Lipinski definition) is 3. The highest BCUT2D eigenvalue weighted by atomic mass is 16.3. The summed E-state index contributed by atoms with van der Waals surface area (Å²) in [4.78, 5) is 28.8. The summed E-state index contributed by atoms with van der Waals surface area (Å²) in [6, 6.07) is 15.3. The zero-order chi connectivity index (χ0) is 19.2. The van der Waals surface area contributed by atoms with E-state index in [9.17, 15) is 14.7 Å². The number of carbonyl (C=O) groups excluding carboxylic acids is 2. The van der Waals surface area contributed by atoms with E-state index in [0.717, 1.165) is 18.7 Å². The molecule has 0 saturated carbocycles. The maximum absolute atomic E-state index is 13.0. The molecular formula is C21H24N3O3+. The molecule has 2 aromatic rings. The lowest BCUT2D eigenvalue weighted by Crippen LogP contribution is -3.12. The van der Waals surface area contributed by atoms with Crippen LogP contribution < -0.4 is 10.2 Å². The summed E-state index contributed by atoms with van der Waals surface area (Å²) >= 11 is 0. The Morgan fingerprint density at radius 3 is 2.30 bits per heavy atom. The summed E-state index contributed by atoms with van der Waals surface area (Å²) in [7, 11) is 2.10. The van der Waals surface area contributed by atoms with Gasteiger partial charge in [-0.15, -0.1) is 0 Å². The van der Waals surface area contributed by atoms with Crippen molar-refractivity contribution in [3.63, 3.8) is 0 Å². The molecule has 3 N–H and O–H groups in total. The molecule has 0 bridgehead atoms. The van der Waals surface area contributed by atoms with Gasteiger partial charge in [-0.2, -0.15) is 0 Å². The van der Waals surface area contributed by atoms with Crippen molar-refractivity contribution in [2.75, 3.05) is 33.2 Å². The van der Waals surface area contributed by atoms with Gasteiger partial charge in [0.1, 0.15) is 11.4 Å². The number of amides is 2. The van der Waals surface area contributed by atoms with Crippen molar-refractivity contribution >= 4 is 17.9 Å². The van der Waals surface area contributed by atoms with Gasteiger partial charge < -0.3 is 20.2 Å². The van der Waals surface area contributed by atoms with Gasteiger partial charge in [-0.05, 0) is 35.9 Å². The fraction of sp³-hybridized carbons (Fsp3) is 0.238. The van der Waals surface area contributed by atoms with Gasteiger partial charge in [0.05, 0.1) is 33.2 Å². The lowest BCUT2D eigenvalue weighted by atomic mass is 10.1. The van der Waals surface area contributed by atoms with Crippen LogP contribution in [0.3, 0.4) is 0 Å². The first-order valence-corrected chi connectivity index (χ1v) is 9.00. The average Bonchev–Trinajstić information content (AvgIpc) is 2.70. The molecule has 0 aromatic heterocycles. The van der Waals surface area contributed by atoms with Gasteiger partial charge in [0.2, 0.25) is 0 Å². The molecule has 0 spiro atoms.